The van der Waals surface area contributed by atoms with E-state index in [4.69, 9.17) is 9.52 Å². The Hall–Kier alpha value is -4.69. The van der Waals surface area contributed by atoms with Crippen molar-refractivity contribution in [3.8, 4) is 0 Å². The lowest BCUT2D eigenvalue weighted by Crippen LogP contribution is -2.19. The second-order valence-electron chi connectivity index (χ2n) is 8.71. The Morgan fingerprint density at radius 1 is 0.947 bits per heavy atom. The lowest BCUT2D eigenvalue weighted by Gasteiger charge is -2.24. The Balaban J connectivity index is 1.22. The van der Waals surface area contributed by atoms with Gasteiger partial charge in [0.15, 0.2) is 5.17 Å². The van der Waals surface area contributed by atoms with Gasteiger partial charge in [-0.1, -0.05) is 72.8 Å². The molecule has 0 saturated carbocycles. The first-order valence-electron chi connectivity index (χ1n) is 12.2. The van der Waals surface area contributed by atoms with Crippen LogP contribution in [0.5, 0.6) is 0 Å². The van der Waals surface area contributed by atoms with Crippen LogP contribution in [0.4, 0.5) is 5.69 Å². The van der Waals surface area contributed by atoms with Crippen molar-refractivity contribution >= 4 is 46.5 Å². The number of hydrogen-bond acceptors (Lipinski definition) is 7. The van der Waals surface area contributed by atoms with Crippen LogP contribution in [0.2, 0.25) is 0 Å². The van der Waals surface area contributed by atoms with E-state index >= 15 is 0 Å². The summed E-state index contributed by atoms with van der Waals surface area (Å²) in [5, 5.41) is 18.3. The van der Waals surface area contributed by atoms with Gasteiger partial charge in [-0.15, -0.1) is 5.10 Å². The van der Waals surface area contributed by atoms with Gasteiger partial charge in [-0.25, -0.2) is 0 Å². The fraction of sp³-hybridized carbons (Fsp3) is 0.0667. The summed E-state index contributed by atoms with van der Waals surface area (Å²) in [7, 11) is 0. The van der Waals surface area contributed by atoms with E-state index in [1.54, 1.807) is 18.4 Å². The molecule has 3 aromatic carbocycles. The number of amidine groups is 1. The van der Waals surface area contributed by atoms with Gasteiger partial charge in [0, 0.05) is 6.42 Å². The first-order valence-corrected chi connectivity index (χ1v) is 13.0. The fourth-order valence-corrected chi connectivity index (χ4v) is 5.12. The predicted octanol–water partition coefficient (Wildman–Crippen LogP) is 6.23. The molecule has 38 heavy (non-hydrogen) atoms. The third-order valence-corrected chi connectivity index (χ3v) is 7.08. The minimum atomic E-state index is -0.202. The van der Waals surface area contributed by atoms with Crippen LogP contribution in [0.25, 0.3) is 6.08 Å². The third-order valence-electron chi connectivity index (χ3n) is 6.18. The molecule has 2 aliphatic rings. The molecule has 4 aromatic rings. The number of anilines is 1. The van der Waals surface area contributed by atoms with Crippen LogP contribution in [0.3, 0.4) is 0 Å². The lowest BCUT2D eigenvalue weighted by atomic mass is 9.98. The van der Waals surface area contributed by atoms with Gasteiger partial charge < -0.3 is 4.42 Å². The van der Waals surface area contributed by atoms with Crippen LogP contribution in [-0.2, 0) is 4.79 Å². The van der Waals surface area contributed by atoms with E-state index in [2.05, 4.69) is 56.9 Å². The molecule has 1 saturated heterocycles. The SMILES string of the molecule is O=C1N/C(=N\N=C\c2ccco2)S/C1=C/c1ccc(N2N=C(c3ccccc3)CC2c2ccccc2)cc1. The standard InChI is InChI=1S/C30H23N5O2S/c36-29-28(38-30(32-29)33-31-20-25-12-7-17-37-25)18-21-13-15-24(16-14-21)35-27(23-10-5-2-6-11-23)19-26(34-35)22-8-3-1-4-9-22/h1-18,20,27H,19H2,(H,32,33,36)/b28-18+,31-20+. The Morgan fingerprint density at radius 2 is 1.71 bits per heavy atom. The molecule has 0 radical (unpaired) electrons. The predicted molar refractivity (Wildman–Crippen MR) is 153 cm³/mol. The molecule has 0 aliphatic carbocycles. The summed E-state index contributed by atoms with van der Waals surface area (Å²) in [5.74, 6) is 0.388. The van der Waals surface area contributed by atoms with Crippen molar-refractivity contribution in [1.29, 1.82) is 0 Å². The smallest absolute Gasteiger partial charge is 0.264 e. The number of nitrogens with one attached hydrogen (secondary N) is 1. The van der Waals surface area contributed by atoms with Crippen LogP contribution in [0.1, 0.15) is 34.9 Å². The molecule has 1 aromatic heterocycles. The lowest BCUT2D eigenvalue weighted by molar-refractivity contribution is -0.115. The van der Waals surface area contributed by atoms with Gasteiger partial charge in [0.1, 0.15) is 5.76 Å². The van der Waals surface area contributed by atoms with Gasteiger partial charge in [-0.3, -0.25) is 15.1 Å². The van der Waals surface area contributed by atoms with Gasteiger partial charge in [0.2, 0.25) is 0 Å². The molecule has 3 heterocycles. The minimum absolute atomic E-state index is 0.104. The highest BCUT2D eigenvalue weighted by Crippen LogP contribution is 2.37. The zero-order valence-corrected chi connectivity index (χ0v) is 21.1. The maximum absolute atomic E-state index is 12.5. The monoisotopic (exact) mass is 517 g/mol. The molecule has 1 N–H and O–H groups in total. The highest BCUT2D eigenvalue weighted by atomic mass is 32.2. The Kier molecular flexibility index (Phi) is 6.70. The van der Waals surface area contributed by atoms with Crippen molar-refractivity contribution < 1.29 is 9.21 Å². The summed E-state index contributed by atoms with van der Waals surface area (Å²) in [6, 6.07) is 32.5. The zero-order valence-electron chi connectivity index (χ0n) is 20.3. The molecule has 2 aliphatic heterocycles. The molecular formula is C30H23N5O2S. The van der Waals surface area contributed by atoms with Crippen LogP contribution in [0, 0.1) is 0 Å². The highest BCUT2D eigenvalue weighted by molar-refractivity contribution is 8.18. The molecule has 0 bridgehead atoms. The number of nitrogens with zero attached hydrogens (tertiary/aromatic N) is 4. The van der Waals surface area contributed by atoms with E-state index < -0.39 is 0 Å². The summed E-state index contributed by atoms with van der Waals surface area (Å²) in [5.41, 5.74) is 5.31. The number of amides is 1. The van der Waals surface area contributed by atoms with Crippen molar-refractivity contribution in [2.75, 3.05) is 5.01 Å². The maximum atomic E-state index is 12.5. The number of carbonyl (C=O) groups excluding carboxylic acids is 1. The number of furan rings is 1. The van der Waals surface area contributed by atoms with Crippen LogP contribution >= 0.6 is 11.8 Å². The van der Waals surface area contributed by atoms with Gasteiger partial charge in [0.05, 0.1) is 34.8 Å². The zero-order chi connectivity index (χ0) is 25.7. The topological polar surface area (TPSA) is 82.6 Å². The number of hydrogen-bond donors (Lipinski definition) is 1. The average molecular weight is 518 g/mol. The average Bonchev–Trinajstić information content (AvgIpc) is 3.71. The van der Waals surface area contributed by atoms with Gasteiger partial charge >= 0.3 is 0 Å². The normalized spacial score (nSPS) is 19.5. The first-order chi connectivity index (χ1) is 18.7. The second kappa shape index (κ2) is 10.7. The quantitative estimate of drug-likeness (QED) is 0.187. The molecule has 1 amide bonds. The van der Waals surface area contributed by atoms with E-state index in [1.807, 2.05) is 54.6 Å². The molecule has 1 atom stereocenters. The van der Waals surface area contributed by atoms with Crippen LogP contribution in [-0.4, -0.2) is 23.0 Å². The summed E-state index contributed by atoms with van der Waals surface area (Å²) >= 11 is 1.25. The minimum Gasteiger partial charge on any atom is -0.463 e. The van der Waals surface area contributed by atoms with Crippen molar-refractivity contribution in [3.05, 3.63) is 131 Å². The summed E-state index contributed by atoms with van der Waals surface area (Å²) in [4.78, 5) is 13.0. The van der Waals surface area contributed by atoms with E-state index in [0.29, 0.717) is 15.8 Å². The second-order valence-corrected chi connectivity index (χ2v) is 9.74. The molecule has 6 rings (SSSR count). The van der Waals surface area contributed by atoms with Gasteiger partial charge in [0.25, 0.3) is 5.91 Å². The van der Waals surface area contributed by atoms with Crippen molar-refractivity contribution in [3.63, 3.8) is 0 Å². The van der Waals surface area contributed by atoms with Crippen molar-refractivity contribution in [2.45, 2.75) is 12.5 Å². The van der Waals surface area contributed by atoms with E-state index in [9.17, 15) is 4.79 Å². The molecule has 1 fully saturated rings. The molecule has 0 spiro atoms. The summed E-state index contributed by atoms with van der Waals surface area (Å²) in [6.07, 6.45) is 5.72. The van der Waals surface area contributed by atoms with E-state index in [1.165, 1.54) is 23.5 Å². The Morgan fingerprint density at radius 3 is 2.45 bits per heavy atom. The fourth-order valence-electron chi connectivity index (χ4n) is 4.34. The number of thioether (sulfide) groups is 1. The number of hydrazone groups is 1. The molecule has 7 nitrogen and oxygen atoms in total. The van der Waals surface area contributed by atoms with Crippen LogP contribution in [0.15, 0.2) is 128 Å². The van der Waals surface area contributed by atoms with Gasteiger partial charge in [-0.2, -0.15) is 10.2 Å². The number of carbonyl (C=O) groups is 1. The summed E-state index contributed by atoms with van der Waals surface area (Å²) < 4.78 is 5.19. The molecular weight excluding hydrogens is 494 g/mol. The first kappa shape index (κ1) is 23.7. The Labute approximate surface area is 224 Å². The summed E-state index contributed by atoms with van der Waals surface area (Å²) in [6.45, 7) is 0. The number of rotatable bonds is 6. The van der Waals surface area contributed by atoms with Crippen molar-refractivity contribution in [1.82, 2.24) is 5.32 Å². The van der Waals surface area contributed by atoms with Crippen molar-refractivity contribution in [2.24, 2.45) is 15.3 Å². The van der Waals surface area contributed by atoms with Gasteiger partial charge in [-0.05, 0) is 58.8 Å². The highest BCUT2D eigenvalue weighted by Gasteiger charge is 2.30. The third kappa shape index (κ3) is 5.21. The van der Waals surface area contributed by atoms with E-state index in [-0.39, 0.29) is 11.9 Å². The molecule has 1 unspecified atom stereocenters. The molecule has 186 valence electrons. The number of benzene rings is 3. The molecule has 8 heteroatoms. The van der Waals surface area contributed by atoms with E-state index in [0.717, 1.165) is 28.9 Å². The Bertz CT molecular complexity index is 1540. The maximum Gasteiger partial charge on any atom is 0.264 e. The largest absolute Gasteiger partial charge is 0.463 e. The van der Waals surface area contributed by atoms with Crippen LogP contribution < -0.4 is 10.3 Å².